The van der Waals surface area contributed by atoms with Gasteiger partial charge in [0.15, 0.2) is 0 Å². The molecule has 0 saturated carbocycles. The Balaban J connectivity index is 1.38. The summed E-state index contributed by atoms with van der Waals surface area (Å²) in [4.78, 5) is 20.0. The van der Waals surface area contributed by atoms with E-state index in [2.05, 4.69) is 59.6 Å². The first-order chi connectivity index (χ1) is 16.1. The van der Waals surface area contributed by atoms with Crippen molar-refractivity contribution in [3.05, 3.63) is 77.2 Å². The van der Waals surface area contributed by atoms with Crippen molar-refractivity contribution in [3.8, 4) is 25.6 Å². The van der Waals surface area contributed by atoms with Crippen molar-refractivity contribution >= 4 is 77.9 Å². The molecular weight excluding hydrogens is 468 g/mol. The van der Waals surface area contributed by atoms with Crippen LogP contribution in [-0.4, -0.2) is 16.1 Å². The Morgan fingerprint density at radius 2 is 1.64 bits per heavy atom. The lowest BCUT2D eigenvalue weighted by Crippen LogP contribution is -1.96. The first kappa shape index (κ1) is 19.9. The van der Waals surface area contributed by atoms with Crippen LogP contribution in [0.15, 0.2) is 72.3 Å². The molecule has 0 atom stereocenters. The van der Waals surface area contributed by atoms with Gasteiger partial charge in [-0.1, -0.05) is 30.3 Å². The summed E-state index contributed by atoms with van der Waals surface area (Å²) < 4.78 is 1.26. The summed E-state index contributed by atoms with van der Waals surface area (Å²) in [5, 5.41) is 21.8. The van der Waals surface area contributed by atoms with Crippen molar-refractivity contribution in [2.24, 2.45) is 0 Å². The lowest BCUT2D eigenvalue weighted by atomic mass is 10.1. The maximum atomic E-state index is 11.1. The summed E-state index contributed by atoms with van der Waals surface area (Å²) in [6.07, 6.45) is 1.42. The molecule has 158 valence electrons. The first-order valence-corrected chi connectivity index (χ1v) is 12.5. The number of rotatable bonds is 4. The number of H-pyrrole nitrogens is 1. The standard InChI is InChI=1S/C26H14N2O2S3/c27-13-15(26(29)30)11-16-6-8-20(31-16)21-9-10-22(32-21)23-12-14-5-7-18-17-3-1-2-4-19(17)28-24(18)25(14)33-23/h1-12,28H,(H,29,30)/b15-11+. The minimum atomic E-state index is -1.21. The fraction of sp³-hybridized carbons (Fsp3) is 0. The number of carboxylic acids is 1. The average molecular weight is 483 g/mol. The van der Waals surface area contributed by atoms with E-state index in [4.69, 9.17) is 10.4 Å². The highest BCUT2D eigenvalue weighted by Crippen LogP contribution is 2.44. The van der Waals surface area contributed by atoms with Gasteiger partial charge >= 0.3 is 5.97 Å². The van der Waals surface area contributed by atoms with Crippen molar-refractivity contribution in [1.29, 1.82) is 5.26 Å². The van der Waals surface area contributed by atoms with E-state index in [1.165, 1.54) is 53.5 Å². The summed E-state index contributed by atoms with van der Waals surface area (Å²) >= 11 is 5.00. The number of benzene rings is 2. The largest absolute Gasteiger partial charge is 0.477 e. The molecule has 2 aromatic carbocycles. The number of hydrogen-bond donors (Lipinski definition) is 2. The number of fused-ring (bicyclic) bond motifs is 5. The van der Waals surface area contributed by atoms with E-state index in [1.54, 1.807) is 28.7 Å². The van der Waals surface area contributed by atoms with E-state index >= 15 is 0 Å². The normalized spacial score (nSPS) is 12.0. The van der Waals surface area contributed by atoms with Crippen molar-refractivity contribution < 1.29 is 9.90 Å². The second-order valence-electron chi connectivity index (χ2n) is 7.53. The Hall–Kier alpha value is -3.70. The van der Waals surface area contributed by atoms with Gasteiger partial charge in [0.25, 0.3) is 0 Å². The number of para-hydroxylation sites is 1. The minimum absolute atomic E-state index is 0.260. The highest BCUT2D eigenvalue weighted by atomic mass is 32.1. The topological polar surface area (TPSA) is 76.9 Å². The van der Waals surface area contributed by atoms with E-state index in [0.717, 1.165) is 20.1 Å². The molecule has 33 heavy (non-hydrogen) atoms. The highest BCUT2D eigenvalue weighted by Gasteiger charge is 2.14. The molecule has 0 aliphatic carbocycles. The maximum absolute atomic E-state index is 11.1. The molecule has 0 radical (unpaired) electrons. The molecule has 4 heterocycles. The van der Waals surface area contributed by atoms with Gasteiger partial charge in [0.05, 0.1) is 10.2 Å². The van der Waals surface area contributed by atoms with E-state index in [0.29, 0.717) is 0 Å². The van der Waals surface area contributed by atoms with E-state index in [9.17, 15) is 4.79 Å². The minimum Gasteiger partial charge on any atom is -0.477 e. The molecule has 0 saturated heterocycles. The number of hydrogen-bond acceptors (Lipinski definition) is 5. The van der Waals surface area contributed by atoms with Gasteiger partial charge in [-0.2, -0.15) is 5.26 Å². The molecule has 4 nitrogen and oxygen atoms in total. The van der Waals surface area contributed by atoms with Crippen LogP contribution in [0.2, 0.25) is 0 Å². The Morgan fingerprint density at radius 1 is 0.879 bits per heavy atom. The second-order valence-corrected chi connectivity index (χ2v) is 10.8. The average Bonchev–Trinajstić information content (AvgIpc) is 3.60. The second kappa shape index (κ2) is 7.71. The molecule has 4 aromatic heterocycles. The zero-order valence-corrected chi connectivity index (χ0v) is 19.4. The molecule has 0 unspecified atom stereocenters. The van der Waals surface area contributed by atoms with Gasteiger partial charge < -0.3 is 10.1 Å². The van der Waals surface area contributed by atoms with Crippen molar-refractivity contribution in [2.45, 2.75) is 0 Å². The van der Waals surface area contributed by atoms with E-state index < -0.39 is 5.97 Å². The molecule has 0 aliphatic rings. The van der Waals surface area contributed by atoms with Crippen LogP contribution in [0.1, 0.15) is 4.88 Å². The third kappa shape index (κ3) is 3.36. The summed E-state index contributed by atoms with van der Waals surface area (Å²) in [5.41, 5.74) is 2.07. The van der Waals surface area contributed by atoms with Gasteiger partial charge in [-0.25, -0.2) is 4.79 Å². The van der Waals surface area contributed by atoms with Gasteiger partial charge in [-0.05, 0) is 47.9 Å². The number of carbonyl (C=O) groups is 1. The van der Waals surface area contributed by atoms with Crippen molar-refractivity contribution in [3.63, 3.8) is 0 Å². The quantitative estimate of drug-likeness (QED) is 0.197. The van der Waals surface area contributed by atoms with Crippen LogP contribution < -0.4 is 0 Å². The fourth-order valence-corrected chi connectivity index (χ4v) is 7.28. The molecule has 7 heteroatoms. The van der Waals surface area contributed by atoms with Crippen LogP contribution in [0, 0.1) is 11.3 Å². The smallest absolute Gasteiger partial charge is 0.346 e. The third-order valence-corrected chi connectivity index (χ3v) is 9.20. The number of aromatic nitrogens is 1. The van der Waals surface area contributed by atoms with E-state index in [-0.39, 0.29) is 5.57 Å². The van der Waals surface area contributed by atoms with Crippen LogP contribution >= 0.6 is 34.0 Å². The third-order valence-electron chi connectivity index (χ3n) is 5.52. The number of carboxylic acid groups (broad SMARTS) is 1. The van der Waals surface area contributed by atoms with Gasteiger partial charge in [-0.15, -0.1) is 34.0 Å². The Kier molecular flexibility index (Phi) is 4.66. The first-order valence-electron chi connectivity index (χ1n) is 10.1. The number of nitrogens with one attached hydrogen (secondary N) is 1. The van der Waals surface area contributed by atoms with Gasteiger partial charge in [-0.3, -0.25) is 0 Å². The SMILES string of the molecule is N#C/C(=C\c1ccc(-c2ccc(-c3cc4ccc5c6ccccc6[nH]c5c4s3)s2)s1)C(=O)O. The van der Waals surface area contributed by atoms with Gasteiger partial charge in [0.1, 0.15) is 11.6 Å². The molecule has 6 aromatic rings. The summed E-state index contributed by atoms with van der Waals surface area (Å²) in [6.45, 7) is 0. The molecule has 2 N–H and O–H groups in total. The number of nitrogens with zero attached hydrogens (tertiary/aromatic N) is 1. The summed E-state index contributed by atoms with van der Waals surface area (Å²) in [5.74, 6) is -1.21. The molecule has 6 rings (SSSR count). The summed E-state index contributed by atoms with van der Waals surface area (Å²) in [6, 6.07) is 24.8. The predicted octanol–water partition coefficient (Wildman–Crippen LogP) is 7.98. The van der Waals surface area contributed by atoms with Crippen LogP contribution in [0.5, 0.6) is 0 Å². The predicted molar refractivity (Wildman–Crippen MR) is 139 cm³/mol. The van der Waals surface area contributed by atoms with Gasteiger partial charge in [0, 0.05) is 40.7 Å². The van der Waals surface area contributed by atoms with Crippen LogP contribution in [0.3, 0.4) is 0 Å². The van der Waals surface area contributed by atoms with E-state index in [1.807, 2.05) is 12.1 Å². The van der Waals surface area contributed by atoms with Crippen molar-refractivity contribution in [1.82, 2.24) is 4.98 Å². The summed E-state index contributed by atoms with van der Waals surface area (Å²) in [7, 11) is 0. The zero-order chi connectivity index (χ0) is 22.5. The lowest BCUT2D eigenvalue weighted by molar-refractivity contribution is -0.132. The van der Waals surface area contributed by atoms with Crippen LogP contribution in [0.25, 0.3) is 57.5 Å². The molecular formula is C26H14N2O2S3. The molecule has 0 bridgehead atoms. The number of thiophene rings is 3. The maximum Gasteiger partial charge on any atom is 0.346 e. The Morgan fingerprint density at radius 3 is 2.45 bits per heavy atom. The number of aliphatic carboxylic acids is 1. The highest BCUT2D eigenvalue weighted by molar-refractivity contribution is 7.29. The molecule has 0 spiro atoms. The van der Waals surface area contributed by atoms with Crippen LogP contribution in [-0.2, 0) is 4.79 Å². The number of nitriles is 1. The monoisotopic (exact) mass is 482 g/mol. The Labute approximate surface area is 200 Å². The molecule has 0 amide bonds. The zero-order valence-electron chi connectivity index (χ0n) is 17.0. The Bertz CT molecular complexity index is 1770. The molecule has 0 aliphatic heterocycles. The van der Waals surface area contributed by atoms with Crippen LogP contribution in [0.4, 0.5) is 0 Å². The van der Waals surface area contributed by atoms with Gasteiger partial charge in [0.2, 0.25) is 0 Å². The molecule has 0 fully saturated rings. The fourth-order valence-electron chi connectivity index (χ4n) is 3.98. The lowest BCUT2D eigenvalue weighted by Gasteiger charge is -1.92. The van der Waals surface area contributed by atoms with Crippen molar-refractivity contribution in [2.75, 3.05) is 0 Å². The number of aromatic amines is 1.